The van der Waals surface area contributed by atoms with Crippen molar-refractivity contribution in [1.82, 2.24) is 9.97 Å². The van der Waals surface area contributed by atoms with Gasteiger partial charge in [-0.25, -0.2) is 14.8 Å². The quantitative estimate of drug-likeness (QED) is 0.549. The molecule has 1 aromatic heterocycles. The Bertz CT molecular complexity index is 400. The summed E-state index contributed by atoms with van der Waals surface area (Å²) >= 11 is 0. The van der Waals surface area contributed by atoms with E-state index < -0.39 is 5.97 Å². The molecule has 1 aliphatic heterocycles. The summed E-state index contributed by atoms with van der Waals surface area (Å²) in [6, 6.07) is 0. The number of anilines is 1. The van der Waals surface area contributed by atoms with Gasteiger partial charge in [-0.2, -0.15) is 0 Å². The maximum absolute atomic E-state index is 11.2. The summed E-state index contributed by atoms with van der Waals surface area (Å²) in [4.78, 5) is 21.5. The lowest BCUT2D eigenvalue weighted by Crippen LogP contribution is -2.27. The van der Waals surface area contributed by atoms with Gasteiger partial charge in [0.2, 0.25) is 0 Å². The monoisotopic (exact) mass is 219 g/mol. The fourth-order valence-electron chi connectivity index (χ4n) is 1.54. The molecule has 0 saturated carbocycles. The molecule has 0 atom stereocenters. The van der Waals surface area contributed by atoms with E-state index in [2.05, 4.69) is 31.8 Å². The van der Waals surface area contributed by atoms with Crippen LogP contribution in [-0.4, -0.2) is 36.1 Å². The van der Waals surface area contributed by atoms with Crippen LogP contribution in [0, 0.1) is 0 Å². The van der Waals surface area contributed by atoms with Crippen LogP contribution in [0.25, 0.3) is 0 Å². The van der Waals surface area contributed by atoms with E-state index in [1.807, 2.05) is 0 Å². The summed E-state index contributed by atoms with van der Waals surface area (Å²) in [5, 5.41) is 0. The molecule has 0 aliphatic carbocycles. The van der Waals surface area contributed by atoms with E-state index in [4.69, 9.17) is 0 Å². The SMILES string of the molecule is COC(=O)c1cnc(N2CC=CCC2)cn1. The Kier molecular flexibility index (Phi) is 3.14. The molecule has 5 nitrogen and oxygen atoms in total. The van der Waals surface area contributed by atoms with Crippen molar-refractivity contribution in [2.45, 2.75) is 6.42 Å². The Morgan fingerprint density at radius 1 is 1.38 bits per heavy atom. The van der Waals surface area contributed by atoms with Crippen LogP contribution in [0.1, 0.15) is 16.9 Å². The average Bonchev–Trinajstić information content (AvgIpc) is 2.39. The van der Waals surface area contributed by atoms with Crippen molar-refractivity contribution in [2.75, 3.05) is 25.1 Å². The molecule has 1 aromatic rings. The van der Waals surface area contributed by atoms with Crippen molar-refractivity contribution in [1.29, 1.82) is 0 Å². The van der Waals surface area contributed by atoms with E-state index in [0.717, 1.165) is 25.3 Å². The molecule has 2 rings (SSSR count). The normalized spacial score (nSPS) is 14.9. The summed E-state index contributed by atoms with van der Waals surface area (Å²) in [7, 11) is 1.33. The number of aromatic nitrogens is 2. The van der Waals surface area contributed by atoms with Crippen molar-refractivity contribution >= 4 is 11.8 Å². The lowest BCUT2D eigenvalue weighted by molar-refractivity contribution is 0.0593. The molecule has 0 unspecified atom stereocenters. The molecule has 0 N–H and O–H groups in total. The molecule has 0 radical (unpaired) electrons. The largest absolute Gasteiger partial charge is 0.464 e. The number of hydrogen-bond acceptors (Lipinski definition) is 5. The third kappa shape index (κ3) is 2.18. The second kappa shape index (κ2) is 4.74. The Morgan fingerprint density at radius 3 is 2.81 bits per heavy atom. The second-order valence-corrected chi connectivity index (χ2v) is 3.46. The predicted octanol–water partition coefficient (Wildman–Crippen LogP) is 1.03. The molecule has 5 heteroatoms. The zero-order valence-electron chi connectivity index (χ0n) is 9.09. The Morgan fingerprint density at radius 2 is 2.25 bits per heavy atom. The summed E-state index contributed by atoms with van der Waals surface area (Å²) in [5.74, 6) is 0.328. The minimum atomic E-state index is -0.461. The lowest BCUT2D eigenvalue weighted by atomic mass is 10.2. The van der Waals surface area contributed by atoms with E-state index in [1.54, 1.807) is 6.20 Å². The Balaban J connectivity index is 2.12. The van der Waals surface area contributed by atoms with Crippen molar-refractivity contribution in [3.63, 3.8) is 0 Å². The molecule has 84 valence electrons. The minimum absolute atomic E-state index is 0.235. The minimum Gasteiger partial charge on any atom is -0.464 e. The molecule has 2 heterocycles. The van der Waals surface area contributed by atoms with Gasteiger partial charge in [0.05, 0.1) is 19.5 Å². The molecule has 1 aliphatic rings. The fourth-order valence-corrected chi connectivity index (χ4v) is 1.54. The Hall–Kier alpha value is -1.91. The maximum Gasteiger partial charge on any atom is 0.358 e. The van der Waals surface area contributed by atoms with E-state index in [-0.39, 0.29) is 5.69 Å². The second-order valence-electron chi connectivity index (χ2n) is 3.46. The van der Waals surface area contributed by atoms with E-state index in [9.17, 15) is 4.79 Å². The smallest absolute Gasteiger partial charge is 0.358 e. The zero-order valence-corrected chi connectivity index (χ0v) is 9.09. The number of esters is 1. The number of nitrogens with zero attached hydrogens (tertiary/aromatic N) is 3. The van der Waals surface area contributed by atoms with E-state index >= 15 is 0 Å². The molecular weight excluding hydrogens is 206 g/mol. The van der Waals surface area contributed by atoms with Crippen molar-refractivity contribution in [3.05, 3.63) is 30.2 Å². The van der Waals surface area contributed by atoms with Gasteiger partial charge in [-0.05, 0) is 6.42 Å². The van der Waals surface area contributed by atoms with Gasteiger partial charge in [0.15, 0.2) is 5.69 Å². The number of carbonyl (C=O) groups excluding carboxylic acids is 1. The highest BCUT2D eigenvalue weighted by Gasteiger charge is 2.11. The van der Waals surface area contributed by atoms with Gasteiger partial charge in [-0.3, -0.25) is 0 Å². The topological polar surface area (TPSA) is 55.3 Å². The third-order valence-corrected chi connectivity index (χ3v) is 2.41. The number of rotatable bonds is 2. The average molecular weight is 219 g/mol. The van der Waals surface area contributed by atoms with Crippen LogP contribution in [0.5, 0.6) is 0 Å². The summed E-state index contributed by atoms with van der Waals surface area (Å²) in [5.41, 5.74) is 0.235. The van der Waals surface area contributed by atoms with Gasteiger partial charge in [0.25, 0.3) is 0 Å². The number of methoxy groups -OCH3 is 1. The molecule has 0 spiro atoms. The molecule has 0 saturated heterocycles. The van der Waals surface area contributed by atoms with Crippen LogP contribution in [0.2, 0.25) is 0 Å². The van der Waals surface area contributed by atoms with Gasteiger partial charge < -0.3 is 9.64 Å². The summed E-state index contributed by atoms with van der Waals surface area (Å²) in [6.07, 6.45) is 8.30. The van der Waals surface area contributed by atoms with E-state index in [1.165, 1.54) is 13.3 Å². The van der Waals surface area contributed by atoms with Gasteiger partial charge >= 0.3 is 5.97 Å². The van der Waals surface area contributed by atoms with Gasteiger partial charge in [-0.15, -0.1) is 0 Å². The highest BCUT2D eigenvalue weighted by atomic mass is 16.5. The first-order valence-electron chi connectivity index (χ1n) is 5.11. The Labute approximate surface area is 93.8 Å². The van der Waals surface area contributed by atoms with Crippen molar-refractivity contribution < 1.29 is 9.53 Å². The van der Waals surface area contributed by atoms with Crippen LogP contribution >= 0.6 is 0 Å². The zero-order chi connectivity index (χ0) is 11.4. The predicted molar refractivity (Wildman–Crippen MR) is 59.3 cm³/mol. The van der Waals surface area contributed by atoms with E-state index in [0.29, 0.717) is 0 Å². The van der Waals surface area contributed by atoms with Crippen molar-refractivity contribution in [3.8, 4) is 0 Å². The van der Waals surface area contributed by atoms with Crippen LogP contribution in [-0.2, 0) is 4.74 Å². The summed E-state index contributed by atoms with van der Waals surface area (Å²) < 4.78 is 4.56. The van der Waals surface area contributed by atoms with Gasteiger partial charge in [-0.1, -0.05) is 12.2 Å². The van der Waals surface area contributed by atoms with Crippen LogP contribution in [0.3, 0.4) is 0 Å². The van der Waals surface area contributed by atoms with Crippen LogP contribution in [0.4, 0.5) is 5.82 Å². The summed E-state index contributed by atoms with van der Waals surface area (Å²) in [6.45, 7) is 1.77. The van der Waals surface area contributed by atoms with Gasteiger partial charge in [0, 0.05) is 13.1 Å². The van der Waals surface area contributed by atoms with Crippen LogP contribution in [0.15, 0.2) is 24.5 Å². The molecule has 16 heavy (non-hydrogen) atoms. The molecule has 0 fully saturated rings. The number of hydrogen-bond donors (Lipinski definition) is 0. The molecule has 0 amide bonds. The maximum atomic E-state index is 11.2. The molecular formula is C11H13N3O2. The third-order valence-electron chi connectivity index (χ3n) is 2.41. The number of carbonyl (C=O) groups is 1. The fraction of sp³-hybridized carbons (Fsp3) is 0.364. The standard InChI is InChI=1S/C11H13N3O2/c1-16-11(15)9-7-13-10(8-12-9)14-5-3-2-4-6-14/h2-3,7-8H,4-6H2,1H3. The highest BCUT2D eigenvalue weighted by molar-refractivity contribution is 5.86. The number of ether oxygens (including phenoxy) is 1. The first-order valence-corrected chi connectivity index (χ1v) is 5.11. The van der Waals surface area contributed by atoms with Crippen molar-refractivity contribution in [2.24, 2.45) is 0 Å². The first-order chi connectivity index (χ1) is 7.81. The van der Waals surface area contributed by atoms with Gasteiger partial charge in [0.1, 0.15) is 5.82 Å². The molecule has 0 bridgehead atoms. The first kappa shape index (κ1) is 10.6. The lowest BCUT2D eigenvalue weighted by Gasteiger charge is -2.23. The highest BCUT2D eigenvalue weighted by Crippen LogP contribution is 2.12. The molecule has 0 aromatic carbocycles. The van der Waals surface area contributed by atoms with Crippen LogP contribution < -0.4 is 4.90 Å².